The Labute approximate surface area is 64.7 Å². The zero-order valence-corrected chi connectivity index (χ0v) is 6.78. The Bertz CT molecular complexity index is 215. The Kier molecular flexibility index (Phi) is 2.63. The van der Waals surface area contributed by atoms with Crippen molar-refractivity contribution in [2.24, 2.45) is 0 Å². The van der Waals surface area contributed by atoms with Crippen molar-refractivity contribution in [1.82, 2.24) is 0 Å². The van der Waals surface area contributed by atoms with Gasteiger partial charge in [0, 0.05) is 16.2 Å². The van der Waals surface area contributed by atoms with Gasteiger partial charge in [-0.25, -0.2) is 0 Å². The van der Waals surface area contributed by atoms with Crippen molar-refractivity contribution in [3.05, 3.63) is 21.9 Å². The zero-order valence-electron chi connectivity index (χ0n) is 5.96. The van der Waals surface area contributed by atoms with Crippen LogP contribution < -0.4 is 0 Å². The first-order chi connectivity index (χ1) is 4.86. The third-order valence-electron chi connectivity index (χ3n) is 1.35. The first-order valence-corrected chi connectivity index (χ1v) is 4.19. The van der Waals surface area contributed by atoms with Crippen LogP contribution in [-0.4, -0.2) is 6.29 Å². The molecule has 1 rings (SSSR count). The largest absolute Gasteiger partial charge is 0.303 e. The minimum atomic E-state index is 0.574. The average Bonchev–Trinajstić information content (AvgIpc) is 2.37. The summed E-state index contributed by atoms with van der Waals surface area (Å²) >= 11 is 1.73. The second kappa shape index (κ2) is 3.52. The molecule has 0 fully saturated rings. The van der Waals surface area contributed by atoms with Crippen LogP contribution in [0.1, 0.15) is 16.7 Å². The second-order valence-corrected chi connectivity index (χ2v) is 3.35. The molecule has 0 radical (unpaired) electrons. The van der Waals surface area contributed by atoms with Crippen molar-refractivity contribution in [3.63, 3.8) is 0 Å². The molecule has 0 N–H and O–H groups in total. The molecule has 0 aliphatic heterocycles. The normalized spacial score (nSPS) is 9.70. The van der Waals surface area contributed by atoms with Crippen LogP contribution in [0.2, 0.25) is 0 Å². The number of carbonyl (C=O) groups excluding carboxylic acids is 1. The molecule has 1 nitrogen and oxygen atoms in total. The number of thiophene rings is 1. The Morgan fingerprint density at radius 2 is 2.20 bits per heavy atom. The summed E-state index contributed by atoms with van der Waals surface area (Å²) in [6.07, 6.45) is 2.60. The Hall–Kier alpha value is -0.630. The summed E-state index contributed by atoms with van der Waals surface area (Å²) < 4.78 is 0. The van der Waals surface area contributed by atoms with E-state index in [0.29, 0.717) is 6.42 Å². The van der Waals surface area contributed by atoms with Gasteiger partial charge in [0.25, 0.3) is 0 Å². The molecule has 0 saturated heterocycles. The van der Waals surface area contributed by atoms with Gasteiger partial charge in [0.05, 0.1) is 0 Å². The topological polar surface area (TPSA) is 17.1 Å². The molecule has 0 unspecified atom stereocenters. The molecule has 0 aliphatic carbocycles. The molecule has 0 saturated carbocycles. The third-order valence-corrected chi connectivity index (χ3v) is 2.60. The summed E-state index contributed by atoms with van der Waals surface area (Å²) in [7, 11) is 0. The van der Waals surface area contributed by atoms with E-state index in [1.54, 1.807) is 11.3 Å². The molecule has 0 spiro atoms. The zero-order chi connectivity index (χ0) is 7.40. The molecule has 1 heterocycles. The molecule has 0 aliphatic rings. The highest BCUT2D eigenvalue weighted by Crippen LogP contribution is 2.16. The van der Waals surface area contributed by atoms with Gasteiger partial charge in [-0.2, -0.15) is 0 Å². The molecule has 1 aromatic rings. The number of hydrogen-bond donors (Lipinski definition) is 0. The van der Waals surface area contributed by atoms with Crippen molar-refractivity contribution in [2.75, 3.05) is 0 Å². The van der Waals surface area contributed by atoms with Gasteiger partial charge in [-0.3, -0.25) is 0 Å². The van der Waals surface area contributed by atoms with E-state index in [9.17, 15) is 4.79 Å². The second-order valence-electron chi connectivity index (χ2n) is 2.09. The van der Waals surface area contributed by atoms with E-state index in [1.165, 1.54) is 9.75 Å². The maximum absolute atomic E-state index is 10.1. The first-order valence-electron chi connectivity index (χ1n) is 3.38. The van der Waals surface area contributed by atoms with Crippen LogP contribution in [0.4, 0.5) is 0 Å². The monoisotopic (exact) mass is 154 g/mol. The lowest BCUT2D eigenvalue weighted by Gasteiger charge is -1.83. The van der Waals surface area contributed by atoms with Gasteiger partial charge in [0.1, 0.15) is 6.29 Å². The van der Waals surface area contributed by atoms with Gasteiger partial charge < -0.3 is 4.79 Å². The smallest absolute Gasteiger partial charge is 0.125 e. The molecule has 0 amide bonds. The summed E-state index contributed by atoms with van der Waals surface area (Å²) in [5.74, 6) is 0. The molecule has 0 bridgehead atoms. The van der Waals surface area contributed by atoms with E-state index in [1.807, 2.05) is 6.07 Å². The van der Waals surface area contributed by atoms with E-state index >= 15 is 0 Å². The highest BCUT2D eigenvalue weighted by molar-refractivity contribution is 7.12. The van der Waals surface area contributed by atoms with E-state index in [0.717, 1.165) is 12.7 Å². The predicted molar refractivity (Wildman–Crippen MR) is 43.5 cm³/mol. The lowest BCUT2D eigenvalue weighted by molar-refractivity contribution is -0.107. The Balaban J connectivity index is 2.67. The van der Waals surface area contributed by atoms with Crippen molar-refractivity contribution < 1.29 is 4.79 Å². The summed E-state index contributed by atoms with van der Waals surface area (Å²) in [5, 5.41) is 0. The van der Waals surface area contributed by atoms with E-state index < -0.39 is 0 Å². The van der Waals surface area contributed by atoms with Crippen LogP contribution in [-0.2, 0) is 17.6 Å². The molecule has 0 atom stereocenters. The lowest BCUT2D eigenvalue weighted by Crippen LogP contribution is -1.76. The fourth-order valence-electron chi connectivity index (χ4n) is 0.804. The summed E-state index contributed by atoms with van der Waals surface area (Å²) in [4.78, 5) is 12.6. The third kappa shape index (κ3) is 1.67. The van der Waals surface area contributed by atoms with Crippen molar-refractivity contribution in [1.29, 1.82) is 0 Å². The van der Waals surface area contributed by atoms with Crippen molar-refractivity contribution >= 4 is 17.6 Å². The number of aldehydes is 1. The predicted octanol–water partition coefficient (Wildman–Crippen LogP) is 2.05. The molecule has 2 heteroatoms. The first kappa shape index (κ1) is 7.48. The number of carbonyl (C=O) groups is 1. The van der Waals surface area contributed by atoms with E-state index in [2.05, 4.69) is 13.0 Å². The van der Waals surface area contributed by atoms with Gasteiger partial charge in [-0.15, -0.1) is 11.3 Å². The minimum absolute atomic E-state index is 0.574. The maximum Gasteiger partial charge on any atom is 0.125 e. The fraction of sp³-hybridized carbons (Fsp3) is 0.375. The van der Waals surface area contributed by atoms with E-state index in [-0.39, 0.29) is 0 Å². The average molecular weight is 154 g/mol. The molecule has 0 aromatic carbocycles. The summed E-state index contributed by atoms with van der Waals surface area (Å²) in [6, 6.07) is 4.11. The number of rotatable bonds is 3. The highest BCUT2D eigenvalue weighted by atomic mass is 32.1. The molecule has 10 heavy (non-hydrogen) atoms. The molecular formula is C8H10OS. The van der Waals surface area contributed by atoms with Gasteiger partial charge in [0.15, 0.2) is 0 Å². The summed E-state index contributed by atoms with van der Waals surface area (Å²) in [6.45, 7) is 2.12. The molecular weight excluding hydrogens is 144 g/mol. The van der Waals surface area contributed by atoms with Crippen LogP contribution >= 0.6 is 11.3 Å². The van der Waals surface area contributed by atoms with Crippen LogP contribution in [0.25, 0.3) is 0 Å². The molecule has 54 valence electrons. The fourth-order valence-corrected chi connectivity index (χ4v) is 1.71. The van der Waals surface area contributed by atoms with Gasteiger partial charge in [0.2, 0.25) is 0 Å². The Morgan fingerprint density at radius 1 is 1.50 bits per heavy atom. The number of aryl methyl sites for hydroxylation is 1. The maximum atomic E-state index is 10.1. The molecule has 1 aromatic heterocycles. The lowest BCUT2D eigenvalue weighted by atomic mass is 10.3. The summed E-state index contributed by atoms with van der Waals surface area (Å²) in [5.41, 5.74) is 0. The van der Waals surface area contributed by atoms with Crippen molar-refractivity contribution in [2.45, 2.75) is 19.8 Å². The van der Waals surface area contributed by atoms with Gasteiger partial charge in [-0.05, 0) is 18.6 Å². The minimum Gasteiger partial charge on any atom is -0.303 e. The van der Waals surface area contributed by atoms with Crippen LogP contribution in [0.5, 0.6) is 0 Å². The number of hydrogen-bond acceptors (Lipinski definition) is 2. The SMILES string of the molecule is CCc1ccc(CC=O)s1. The van der Waals surface area contributed by atoms with Gasteiger partial charge in [-0.1, -0.05) is 6.92 Å². The Morgan fingerprint density at radius 3 is 2.70 bits per heavy atom. The van der Waals surface area contributed by atoms with Gasteiger partial charge >= 0.3 is 0 Å². The van der Waals surface area contributed by atoms with Crippen LogP contribution in [0.15, 0.2) is 12.1 Å². The van der Waals surface area contributed by atoms with E-state index in [4.69, 9.17) is 0 Å². The van der Waals surface area contributed by atoms with Crippen molar-refractivity contribution in [3.8, 4) is 0 Å². The standard InChI is InChI=1S/C8H10OS/c1-2-7-3-4-8(10-7)5-6-9/h3-4,6H,2,5H2,1H3. The van der Waals surface area contributed by atoms with Crippen LogP contribution in [0, 0.1) is 0 Å². The highest BCUT2D eigenvalue weighted by Gasteiger charge is 1.95. The van der Waals surface area contributed by atoms with Crippen LogP contribution in [0.3, 0.4) is 0 Å². The quantitative estimate of drug-likeness (QED) is 0.609.